The van der Waals surface area contributed by atoms with E-state index in [0.29, 0.717) is 5.69 Å². The molecule has 0 fully saturated rings. The quantitative estimate of drug-likeness (QED) is 0.713. The minimum atomic E-state index is -0.361. The average molecular weight is 266 g/mol. The molecule has 0 saturated heterocycles. The lowest BCUT2D eigenvalue weighted by Gasteiger charge is -2.23. The molecular weight excluding hydrogens is 248 g/mol. The smallest absolute Gasteiger partial charge is 0.236 e. The Morgan fingerprint density at radius 2 is 2.22 bits per heavy atom. The van der Waals surface area contributed by atoms with Gasteiger partial charge in [-0.1, -0.05) is 25.6 Å². The minimum Gasteiger partial charge on any atom is -0.388 e. The van der Waals surface area contributed by atoms with E-state index in [2.05, 4.69) is 11.9 Å². The predicted molar refractivity (Wildman–Crippen MR) is 76.4 cm³/mol. The van der Waals surface area contributed by atoms with Gasteiger partial charge in [0.25, 0.3) is 0 Å². The van der Waals surface area contributed by atoms with Gasteiger partial charge in [-0.15, -0.1) is 0 Å². The number of carbonyl (C=O) groups is 1. The Hall–Kier alpha value is -1.69. The third-order valence-corrected chi connectivity index (χ3v) is 2.70. The molecule has 6 heteroatoms. The van der Waals surface area contributed by atoms with Gasteiger partial charge in [0.2, 0.25) is 5.91 Å². The maximum atomic E-state index is 11.1. The number of thiocarbonyl (C=S) groups is 1. The SMILES string of the molecule is CCCCN(CC(N)=O)c1ccnc(C(N)=S)c1. The number of hydrogen-bond donors (Lipinski definition) is 2. The van der Waals surface area contributed by atoms with Gasteiger partial charge in [0.05, 0.1) is 12.2 Å². The van der Waals surface area contributed by atoms with Crippen LogP contribution in [0.15, 0.2) is 18.3 Å². The lowest BCUT2D eigenvalue weighted by molar-refractivity contribution is -0.116. The number of pyridine rings is 1. The van der Waals surface area contributed by atoms with Gasteiger partial charge in [-0.2, -0.15) is 0 Å². The zero-order chi connectivity index (χ0) is 13.5. The fraction of sp³-hybridized carbons (Fsp3) is 0.417. The van der Waals surface area contributed by atoms with Crippen molar-refractivity contribution >= 4 is 28.8 Å². The number of anilines is 1. The molecular formula is C12H18N4OS. The molecule has 18 heavy (non-hydrogen) atoms. The van der Waals surface area contributed by atoms with Crippen molar-refractivity contribution in [2.45, 2.75) is 19.8 Å². The molecule has 0 spiro atoms. The average Bonchev–Trinajstić information content (AvgIpc) is 2.34. The second kappa shape index (κ2) is 6.90. The maximum Gasteiger partial charge on any atom is 0.236 e. The van der Waals surface area contributed by atoms with Gasteiger partial charge in [-0.3, -0.25) is 9.78 Å². The summed E-state index contributed by atoms with van der Waals surface area (Å²) in [6.07, 6.45) is 3.66. The fourth-order valence-corrected chi connectivity index (χ4v) is 1.70. The Morgan fingerprint density at radius 3 is 2.78 bits per heavy atom. The zero-order valence-electron chi connectivity index (χ0n) is 10.4. The number of primary amides is 1. The van der Waals surface area contributed by atoms with Gasteiger partial charge < -0.3 is 16.4 Å². The Balaban J connectivity index is 2.92. The van der Waals surface area contributed by atoms with E-state index in [1.807, 2.05) is 11.0 Å². The first kappa shape index (κ1) is 14.4. The summed E-state index contributed by atoms with van der Waals surface area (Å²) in [6, 6.07) is 3.60. The van der Waals surface area contributed by atoms with Crippen LogP contribution in [0.25, 0.3) is 0 Å². The third kappa shape index (κ3) is 4.29. The molecule has 98 valence electrons. The summed E-state index contributed by atoms with van der Waals surface area (Å²) >= 11 is 4.89. The number of amides is 1. The van der Waals surface area contributed by atoms with Gasteiger partial charge in [0.1, 0.15) is 4.99 Å². The van der Waals surface area contributed by atoms with Gasteiger partial charge >= 0.3 is 0 Å². The summed E-state index contributed by atoms with van der Waals surface area (Å²) in [5, 5.41) is 0. The first-order chi connectivity index (χ1) is 8.54. The largest absolute Gasteiger partial charge is 0.388 e. The Labute approximate surface area is 112 Å². The van der Waals surface area contributed by atoms with Crippen molar-refractivity contribution in [1.82, 2.24) is 4.98 Å². The number of nitrogens with two attached hydrogens (primary N) is 2. The van der Waals surface area contributed by atoms with Crippen LogP contribution in [-0.4, -0.2) is 29.0 Å². The molecule has 0 saturated carbocycles. The van der Waals surface area contributed by atoms with Crippen LogP contribution in [-0.2, 0) is 4.79 Å². The summed E-state index contributed by atoms with van der Waals surface area (Å²) in [7, 11) is 0. The van der Waals surface area contributed by atoms with E-state index in [1.54, 1.807) is 12.3 Å². The Bertz CT molecular complexity index is 436. The zero-order valence-corrected chi connectivity index (χ0v) is 11.2. The van der Waals surface area contributed by atoms with Crippen molar-refractivity contribution in [2.24, 2.45) is 11.5 Å². The number of aromatic nitrogens is 1. The first-order valence-electron chi connectivity index (χ1n) is 5.83. The molecule has 0 aliphatic rings. The summed E-state index contributed by atoms with van der Waals surface area (Å²) in [5.74, 6) is -0.361. The van der Waals surface area contributed by atoms with Gasteiger partial charge in [-0.25, -0.2) is 0 Å². The van der Waals surface area contributed by atoms with Crippen molar-refractivity contribution in [3.63, 3.8) is 0 Å². The highest BCUT2D eigenvalue weighted by Crippen LogP contribution is 2.15. The molecule has 5 nitrogen and oxygen atoms in total. The van der Waals surface area contributed by atoms with Gasteiger partial charge in [0, 0.05) is 18.4 Å². The predicted octanol–water partition coefficient (Wildman–Crippen LogP) is 0.808. The van der Waals surface area contributed by atoms with E-state index in [1.165, 1.54) is 0 Å². The molecule has 0 radical (unpaired) electrons. The minimum absolute atomic E-state index is 0.181. The highest BCUT2D eigenvalue weighted by Gasteiger charge is 2.10. The van der Waals surface area contributed by atoms with Crippen LogP contribution in [0.3, 0.4) is 0 Å². The van der Waals surface area contributed by atoms with E-state index in [9.17, 15) is 4.79 Å². The number of nitrogens with zero attached hydrogens (tertiary/aromatic N) is 2. The molecule has 0 bridgehead atoms. The third-order valence-electron chi connectivity index (χ3n) is 2.49. The Kier molecular flexibility index (Phi) is 5.51. The van der Waals surface area contributed by atoms with Crippen LogP contribution in [0.5, 0.6) is 0 Å². The molecule has 0 aliphatic heterocycles. The second-order valence-electron chi connectivity index (χ2n) is 4.00. The summed E-state index contributed by atoms with van der Waals surface area (Å²) < 4.78 is 0. The van der Waals surface area contributed by atoms with Crippen molar-refractivity contribution in [3.8, 4) is 0 Å². The molecule has 0 atom stereocenters. The van der Waals surface area contributed by atoms with E-state index in [0.717, 1.165) is 25.1 Å². The molecule has 1 amide bonds. The van der Waals surface area contributed by atoms with Gasteiger partial charge in [0.15, 0.2) is 0 Å². The lowest BCUT2D eigenvalue weighted by Crippen LogP contribution is -2.34. The van der Waals surface area contributed by atoms with Crippen LogP contribution < -0.4 is 16.4 Å². The van der Waals surface area contributed by atoms with E-state index in [4.69, 9.17) is 23.7 Å². The topological polar surface area (TPSA) is 85.2 Å². The van der Waals surface area contributed by atoms with E-state index >= 15 is 0 Å². The van der Waals surface area contributed by atoms with Crippen molar-refractivity contribution in [1.29, 1.82) is 0 Å². The summed E-state index contributed by atoms with van der Waals surface area (Å²) in [4.78, 5) is 17.3. The van der Waals surface area contributed by atoms with Crippen LogP contribution in [0.2, 0.25) is 0 Å². The van der Waals surface area contributed by atoms with Crippen molar-refractivity contribution in [2.75, 3.05) is 18.0 Å². The number of unbranched alkanes of at least 4 members (excludes halogenated alkanes) is 1. The van der Waals surface area contributed by atoms with Crippen LogP contribution >= 0.6 is 12.2 Å². The standard InChI is InChI=1S/C12H18N4OS/c1-2-3-6-16(8-11(13)17)9-4-5-15-10(7-9)12(14)18/h4-5,7H,2-3,6,8H2,1H3,(H2,13,17)(H2,14,18). The first-order valence-corrected chi connectivity index (χ1v) is 6.24. The van der Waals surface area contributed by atoms with E-state index in [-0.39, 0.29) is 17.4 Å². The van der Waals surface area contributed by atoms with Crippen molar-refractivity contribution in [3.05, 3.63) is 24.0 Å². The second-order valence-corrected chi connectivity index (χ2v) is 4.44. The monoisotopic (exact) mass is 266 g/mol. The molecule has 1 rings (SSSR count). The Morgan fingerprint density at radius 1 is 1.50 bits per heavy atom. The molecule has 1 aromatic rings. The maximum absolute atomic E-state index is 11.1. The van der Waals surface area contributed by atoms with Crippen molar-refractivity contribution < 1.29 is 4.79 Å². The number of rotatable bonds is 7. The molecule has 1 aromatic heterocycles. The highest BCUT2D eigenvalue weighted by molar-refractivity contribution is 7.80. The van der Waals surface area contributed by atoms with Crippen LogP contribution in [0.1, 0.15) is 25.5 Å². The van der Waals surface area contributed by atoms with E-state index < -0.39 is 0 Å². The molecule has 4 N–H and O–H groups in total. The molecule has 0 unspecified atom stereocenters. The fourth-order valence-electron chi connectivity index (χ4n) is 1.59. The summed E-state index contributed by atoms with van der Waals surface area (Å²) in [5.41, 5.74) is 12.2. The molecule has 0 aromatic carbocycles. The van der Waals surface area contributed by atoms with Crippen LogP contribution in [0, 0.1) is 0 Å². The van der Waals surface area contributed by atoms with Gasteiger partial charge in [-0.05, 0) is 18.6 Å². The normalized spacial score (nSPS) is 10.1. The lowest BCUT2D eigenvalue weighted by atomic mass is 10.2. The van der Waals surface area contributed by atoms with Crippen LogP contribution in [0.4, 0.5) is 5.69 Å². The number of hydrogen-bond acceptors (Lipinski definition) is 4. The molecule has 0 aliphatic carbocycles. The number of carbonyl (C=O) groups excluding carboxylic acids is 1. The molecule has 1 heterocycles. The highest BCUT2D eigenvalue weighted by atomic mass is 32.1. The summed E-state index contributed by atoms with van der Waals surface area (Å²) in [6.45, 7) is 3.04.